The van der Waals surface area contributed by atoms with Crippen LogP contribution in [-0.2, 0) is 13.0 Å². The molecule has 0 bridgehead atoms. The van der Waals surface area contributed by atoms with Gasteiger partial charge in [-0.05, 0) is 48.7 Å². The van der Waals surface area contributed by atoms with Crippen LogP contribution in [0.4, 0.5) is 16.2 Å². The number of nitrogens with zero attached hydrogens (tertiary/aromatic N) is 2. The van der Waals surface area contributed by atoms with Crippen molar-refractivity contribution >= 4 is 11.8 Å². The van der Waals surface area contributed by atoms with Crippen molar-refractivity contribution < 1.29 is 13.9 Å². The molecule has 1 aromatic heterocycles. The van der Waals surface area contributed by atoms with Gasteiger partial charge in [0.05, 0.1) is 14.2 Å². The lowest BCUT2D eigenvalue weighted by molar-refractivity contribution is 0.354. The number of rotatable bonds is 9. The topological polar surface area (TPSA) is 68.3 Å². The van der Waals surface area contributed by atoms with Crippen LogP contribution in [0.1, 0.15) is 16.8 Å². The molecule has 0 aliphatic rings. The van der Waals surface area contributed by atoms with Gasteiger partial charge in [-0.1, -0.05) is 18.2 Å². The minimum atomic E-state index is -0.249. The van der Waals surface area contributed by atoms with E-state index in [1.165, 1.54) is 12.1 Å². The minimum Gasteiger partial charge on any atom is -0.493 e. The third kappa shape index (κ3) is 5.81. The number of aryl methyl sites for hydroxylation is 1. The van der Waals surface area contributed by atoms with Gasteiger partial charge in [-0.15, -0.1) is 0 Å². The van der Waals surface area contributed by atoms with Gasteiger partial charge >= 0.3 is 0 Å². The number of hydrogen-bond donors (Lipinski definition) is 2. The second kappa shape index (κ2) is 9.73. The normalized spacial score (nSPS) is 10.5. The van der Waals surface area contributed by atoms with Gasteiger partial charge in [0.2, 0.25) is 5.95 Å². The van der Waals surface area contributed by atoms with E-state index in [2.05, 4.69) is 20.6 Å². The molecule has 152 valence electrons. The molecule has 0 amide bonds. The summed E-state index contributed by atoms with van der Waals surface area (Å²) >= 11 is 0. The number of halogens is 1. The molecule has 3 aromatic rings. The van der Waals surface area contributed by atoms with Gasteiger partial charge in [0, 0.05) is 24.8 Å². The smallest absolute Gasteiger partial charge is 0.225 e. The minimum absolute atomic E-state index is 0.249. The Morgan fingerprint density at radius 3 is 2.31 bits per heavy atom. The highest BCUT2D eigenvalue weighted by molar-refractivity contribution is 5.44. The summed E-state index contributed by atoms with van der Waals surface area (Å²) in [5, 5.41) is 6.52. The molecule has 0 radical (unpaired) electrons. The summed E-state index contributed by atoms with van der Waals surface area (Å²) in [7, 11) is 3.25. The lowest BCUT2D eigenvalue weighted by Crippen LogP contribution is -2.10. The molecule has 0 aliphatic carbocycles. The molecule has 0 unspecified atom stereocenters. The summed E-state index contributed by atoms with van der Waals surface area (Å²) in [5.41, 5.74) is 2.95. The molecular formula is C22H25FN4O2. The SMILES string of the molecule is COc1ccc(CCNc2cc(C)nc(NCc3ccc(F)cc3)n2)cc1OC. The van der Waals surface area contributed by atoms with Crippen LogP contribution in [0.2, 0.25) is 0 Å². The van der Waals surface area contributed by atoms with E-state index >= 15 is 0 Å². The Bertz CT molecular complexity index is 948. The first-order valence-electron chi connectivity index (χ1n) is 9.36. The van der Waals surface area contributed by atoms with Crippen LogP contribution in [0.15, 0.2) is 48.5 Å². The predicted molar refractivity (Wildman–Crippen MR) is 112 cm³/mol. The lowest BCUT2D eigenvalue weighted by atomic mass is 10.1. The zero-order valence-electron chi connectivity index (χ0n) is 16.8. The number of methoxy groups -OCH3 is 2. The van der Waals surface area contributed by atoms with Crippen molar-refractivity contribution in [3.63, 3.8) is 0 Å². The van der Waals surface area contributed by atoms with Crippen molar-refractivity contribution in [1.82, 2.24) is 9.97 Å². The molecule has 0 spiro atoms. The van der Waals surface area contributed by atoms with Crippen LogP contribution >= 0.6 is 0 Å². The van der Waals surface area contributed by atoms with Crippen LogP contribution in [0.5, 0.6) is 11.5 Å². The van der Waals surface area contributed by atoms with Gasteiger partial charge in [-0.3, -0.25) is 0 Å². The second-order valence-electron chi connectivity index (χ2n) is 6.56. The van der Waals surface area contributed by atoms with E-state index in [0.717, 1.165) is 34.8 Å². The van der Waals surface area contributed by atoms with Crippen LogP contribution in [-0.4, -0.2) is 30.7 Å². The van der Waals surface area contributed by atoms with Crippen LogP contribution in [0, 0.1) is 12.7 Å². The standard InChI is InChI=1S/C22H25FN4O2/c1-15-12-21(24-11-10-16-6-9-19(28-2)20(13-16)29-3)27-22(26-15)25-14-17-4-7-18(23)8-5-17/h4-9,12-13H,10-11,14H2,1-3H3,(H2,24,25,26,27). The average Bonchev–Trinajstić information content (AvgIpc) is 2.73. The summed E-state index contributed by atoms with van der Waals surface area (Å²) in [6.07, 6.45) is 0.807. The van der Waals surface area contributed by atoms with E-state index in [0.29, 0.717) is 24.8 Å². The number of anilines is 2. The second-order valence-corrected chi connectivity index (χ2v) is 6.56. The van der Waals surface area contributed by atoms with Gasteiger partial charge in [0.15, 0.2) is 11.5 Å². The van der Waals surface area contributed by atoms with Crippen LogP contribution < -0.4 is 20.1 Å². The van der Waals surface area contributed by atoms with Crippen molar-refractivity contribution in [1.29, 1.82) is 0 Å². The third-order valence-electron chi connectivity index (χ3n) is 4.39. The number of nitrogens with one attached hydrogen (secondary N) is 2. The molecule has 7 heteroatoms. The van der Waals surface area contributed by atoms with E-state index in [-0.39, 0.29) is 5.82 Å². The van der Waals surface area contributed by atoms with Crippen molar-refractivity contribution in [2.75, 3.05) is 31.4 Å². The number of aromatic nitrogens is 2. The van der Waals surface area contributed by atoms with E-state index in [4.69, 9.17) is 9.47 Å². The van der Waals surface area contributed by atoms with Gasteiger partial charge in [-0.25, -0.2) is 9.37 Å². The highest BCUT2D eigenvalue weighted by Gasteiger charge is 2.06. The molecule has 2 N–H and O–H groups in total. The van der Waals surface area contributed by atoms with Crippen molar-refractivity contribution in [3.05, 3.63) is 71.2 Å². The molecule has 0 saturated heterocycles. The van der Waals surface area contributed by atoms with Gasteiger partial charge < -0.3 is 20.1 Å². The molecule has 0 saturated carbocycles. The Labute approximate surface area is 170 Å². The predicted octanol–water partition coefficient (Wildman–Crippen LogP) is 4.21. The summed E-state index contributed by atoms with van der Waals surface area (Å²) in [4.78, 5) is 8.91. The molecule has 0 atom stereocenters. The molecule has 0 aliphatic heterocycles. The Balaban J connectivity index is 1.57. The van der Waals surface area contributed by atoms with E-state index in [9.17, 15) is 4.39 Å². The molecule has 1 heterocycles. The first-order valence-corrected chi connectivity index (χ1v) is 9.36. The molecule has 6 nitrogen and oxygen atoms in total. The summed E-state index contributed by atoms with van der Waals surface area (Å²) in [5.74, 6) is 2.46. The first kappa shape index (κ1) is 20.4. The van der Waals surface area contributed by atoms with Gasteiger partial charge in [0.1, 0.15) is 11.6 Å². The van der Waals surface area contributed by atoms with Crippen molar-refractivity contribution in [2.24, 2.45) is 0 Å². The quantitative estimate of drug-likeness (QED) is 0.565. The molecule has 2 aromatic carbocycles. The van der Waals surface area contributed by atoms with Crippen LogP contribution in [0.25, 0.3) is 0 Å². The number of ether oxygens (including phenoxy) is 2. The Hall–Kier alpha value is -3.35. The van der Waals surface area contributed by atoms with E-state index in [1.807, 2.05) is 31.2 Å². The molecular weight excluding hydrogens is 371 g/mol. The summed E-state index contributed by atoms with van der Waals surface area (Å²) in [6, 6.07) is 14.1. The zero-order chi connectivity index (χ0) is 20.6. The zero-order valence-corrected chi connectivity index (χ0v) is 16.8. The highest BCUT2D eigenvalue weighted by atomic mass is 19.1. The number of benzene rings is 2. The molecule has 0 fully saturated rings. The largest absolute Gasteiger partial charge is 0.493 e. The maximum atomic E-state index is 13.0. The fourth-order valence-corrected chi connectivity index (χ4v) is 2.89. The fraction of sp³-hybridized carbons (Fsp3) is 0.273. The Kier molecular flexibility index (Phi) is 6.84. The summed E-state index contributed by atoms with van der Waals surface area (Å²) in [6.45, 7) is 3.16. The van der Waals surface area contributed by atoms with Crippen molar-refractivity contribution in [3.8, 4) is 11.5 Å². The lowest BCUT2D eigenvalue weighted by Gasteiger charge is -2.11. The Morgan fingerprint density at radius 1 is 0.862 bits per heavy atom. The van der Waals surface area contributed by atoms with Crippen molar-refractivity contribution in [2.45, 2.75) is 19.9 Å². The number of hydrogen-bond acceptors (Lipinski definition) is 6. The highest BCUT2D eigenvalue weighted by Crippen LogP contribution is 2.27. The molecule has 29 heavy (non-hydrogen) atoms. The monoisotopic (exact) mass is 396 g/mol. The Morgan fingerprint density at radius 2 is 1.59 bits per heavy atom. The van der Waals surface area contributed by atoms with Gasteiger partial charge in [-0.2, -0.15) is 4.98 Å². The van der Waals surface area contributed by atoms with Gasteiger partial charge in [0.25, 0.3) is 0 Å². The maximum absolute atomic E-state index is 13.0. The van der Waals surface area contributed by atoms with E-state index < -0.39 is 0 Å². The van der Waals surface area contributed by atoms with Crippen LogP contribution in [0.3, 0.4) is 0 Å². The fourth-order valence-electron chi connectivity index (χ4n) is 2.89. The van der Waals surface area contributed by atoms with E-state index in [1.54, 1.807) is 26.4 Å². The first-order chi connectivity index (χ1) is 14.1. The molecule has 3 rings (SSSR count). The third-order valence-corrected chi connectivity index (χ3v) is 4.39. The maximum Gasteiger partial charge on any atom is 0.225 e. The summed E-state index contributed by atoms with van der Waals surface area (Å²) < 4.78 is 23.6. The average molecular weight is 396 g/mol.